The summed E-state index contributed by atoms with van der Waals surface area (Å²) in [7, 11) is -2.22. The maximum Gasteiger partial charge on any atom is 0.301 e. The summed E-state index contributed by atoms with van der Waals surface area (Å²) < 4.78 is 45.2. The molecule has 0 saturated carbocycles. The predicted octanol–water partition coefficient (Wildman–Crippen LogP) is 3.98. The average Bonchev–Trinajstić information content (AvgIpc) is 3.27. The van der Waals surface area contributed by atoms with Gasteiger partial charge in [0.15, 0.2) is 0 Å². The second-order valence-electron chi connectivity index (χ2n) is 7.10. The van der Waals surface area contributed by atoms with E-state index in [2.05, 4.69) is 31.0 Å². The van der Waals surface area contributed by atoms with Crippen molar-refractivity contribution in [3.63, 3.8) is 0 Å². The summed E-state index contributed by atoms with van der Waals surface area (Å²) in [5.74, 6) is -0.680. The molecule has 0 aliphatic carbocycles. The van der Waals surface area contributed by atoms with Gasteiger partial charge in [-0.25, -0.2) is 9.37 Å². The number of fused-ring (bicyclic) bond motifs is 1. The summed E-state index contributed by atoms with van der Waals surface area (Å²) >= 11 is 9.75. The molecule has 1 saturated heterocycles. The predicted molar refractivity (Wildman–Crippen MR) is 123 cm³/mol. The van der Waals surface area contributed by atoms with E-state index in [1.165, 1.54) is 21.3 Å². The standard InChI is InChI=1S/C19H18BrClFN5O3S/c1-26-10-23-12-6-7-13(16(20)15(12)19(26)28)24-18-11(22)4-5-14(17(18)21)25-31(29,30)27-8-2-3-9-27/h4-7,10,24-25H,2-3,8-9H2,1H3. The number of aromatic nitrogens is 2. The van der Waals surface area contributed by atoms with Crippen molar-refractivity contribution < 1.29 is 12.8 Å². The molecule has 0 amide bonds. The molecule has 2 aromatic carbocycles. The number of halogens is 3. The molecule has 2 N–H and O–H groups in total. The highest BCUT2D eigenvalue weighted by Gasteiger charge is 2.26. The number of aryl methyl sites for hydroxylation is 1. The maximum absolute atomic E-state index is 14.6. The van der Waals surface area contributed by atoms with Crippen LogP contribution in [0.1, 0.15) is 12.8 Å². The second kappa shape index (κ2) is 8.38. The second-order valence-corrected chi connectivity index (χ2v) is 9.95. The van der Waals surface area contributed by atoms with Crippen molar-refractivity contribution in [1.82, 2.24) is 13.9 Å². The number of hydrogen-bond donors (Lipinski definition) is 2. The molecule has 1 aromatic heterocycles. The van der Waals surface area contributed by atoms with E-state index in [0.717, 1.165) is 18.9 Å². The van der Waals surface area contributed by atoms with E-state index in [1.54, 1.807) is 19.2 Å². The summed E-state index contributed by atoms with van der Waals surface area (Å²) in [4.78, 5) is 16.7. The van der Waals surface area contributed by atoms with Gasteiger partial charge in [0.2, 0.25) is 0 Å². The lowest BCUT2D eigenvalue weighted by atomic mass is 10.2. The van der Waals surface area contributed by atoms with Crippen LogP contribution < -0.4 is 15.6 Å². The monoisotopic (exact) mass is 529 g/mol. The first-order chi connectivity index (χ1) is 14.7. The van der Waals surface area contributed by atoms with Crippen molar-refractivity contribution in [2.75, 3.05) is 23.1 Å². The van der Waals surface area contributed by atoms with Crippen LogP contribution in [0, 0.1) is 5.82 Å². The molecule has 3 aromatic rings. The molecule has 1 aliphatic heterocycles. The maximum atomic E-state index is 14.6. The zero-order valence-electron chi connectivity index (χ0n) is 16.3. The van der Waals surface area contributed by atoms with Gasteiger partial charge in [0.25, 0.3) is 5.56 Å². The highest BCUT2D eigenvalue weighted by atomic mass is 79.9. The largest absolute Gasteiger partial charge is 0.351 e. The average molecular weight is 531 g/mol. The third-order valence-electron chi connectivity index (χ3n) is 5.02. The molecule has 1 fully saturated rings. The van der Waals surface area contributed by atoms with E-state index in [9.17, 15) is 17.6 Å². The minimum absolute atomic E-state index is 0.0481. The van der Waals surface area contributed by atoms with Crippen molar-refractivity contribution in [3.8, 4) is 0 Å². The molecule has 4 rings (SSSR count). The topological polar surface area (TPSA) is 96.3 Å². The van der Waals surface area contributed by atoms with Gasteiger partial charge in [0.05, 0.1) is 43.8 Å². The molecule has 0 radical (unpaired) electrons. The van der Waals surface area contributed by atoms with Crippen molar-refractivity contribution in [3.05, 3.63) is 56.3 Å². The molecule has 0 spiro atoms. The molecule has 0 bridgehead atoms. The summed E-state index contributed by atoms with van der Waals surface area (Å²) in [5, 5.41) is 3.05. The Balaban J connectivity index is 1.73. The number of nitrogens with zero attached hydrogens (tertiary/aromatic N) is 3. The van der Waals surface area contributed by atoms with Gasteiger partial charge in [-0.1, -0.05) is 11.6 Å². The van der Waals surface area contributed by atoms with Crippen LogP contribution in [0.15, 0.2) is 39.9 Å². The number of hydrogen-bond acceptors (Lipinski definition) is 5. The van der Waals surface area contributed by atoms with E-state index in [4.69, 9.17) is 11.6 Å². The van der Waals surface area contributed by atoms with E-state index in [1.807, 2.05) is 0 Å². The highest BCUT2D eigenvalue weighted by Crippen LogP contribution is 2.38. The number of anilines is 3. The van der Waals surface area contributed by atoms with Crippen LogP contribution in [0.25, 0.3) is 10.9 Å². The Kier molecular flexibility index (Phi) is 5.95. The minimum atomic E-state index is -3.80. The van der Waals surface area contributed by atoms with E-state index in [-0.39, 0.29) is 22.0 Å². The van der Waals surface area contributed by atoms with Gasteiger partial charge >= 0.3 is 10.2 Å². The third-order valence-corrected chi connectivity index (χ3v) is 7.76. The van der Waals surface area contributed by atoms with E-state index < -0.39 is 16.0 Å². The minimum Gasteiger partial charge on any atom is -0.351 e. The van der Waals surface area contributed by atoms with Gasteiger partial charge in [0.1, 0.15) is 5.82 Å². The Morgan fingerprint density at radius 3 is 2.55 bits per heavy atom. The van der Waals surface area contributed by atoms with Gasteiger partial charge in [-0.05, 0) is 53.0 Å². The first kappa shape index (κ1) is 22.0. The molecular formula is C19H18BrClFN5O3S. The van der Waals surface area contributed by atoms with Crippen molar-refractivity contribution >= 4 is 65.7 Å². The summed E-state index contributed by atoms with van der Waals surface area (Å²) in [5.41, 5.74) is 0.493. The van der Waals surface area contributed by atoms with Crippen LogP contribution in [0.2, 0.25) is 5.02 Å². The Morgan fingerprint density at radius 1 is 1.16 bits per heavy atom. The fourth-order valence-corrected chi connectivity index (χ4v) is 5.59. The molecule has 2 heterocycles. The molecule has 0 atom stereocenters. The lowest BCUT2D eigenvalue weighted by molar-refractivity contribution is 0.482. The molecular weight excluding hydrogens is 513 g/mol. The lowest BCUT2D eigenvalue weighted by Gasteiger charge is -2.19. The van der Waals surface area contributed by atoms with Gasteiger partial charge in [-0.3, -0.25) is 9.52 Å². The lowest BCUT2D eigenvalue weighted by Crippen LogP contribution is -2.33. The summed E-state index contributed by atoms with van der Waals surface area (Å²) in [6.07, 6.45) is 2.99. The Morgan fingerprint density at radius 2 is 1.84 bits per heavy atom. The van der Waals surface area contributed by atoms with E-state index in [0.29, 0.717) is 34.2 Å². The van der Waals surface area contributed by atoms with Crippen LogP contribution in [0.5, 0.6) is 0 Å². The van der Waals surface area contributed by atoms with Crippen LogP contribution in [0.3, 0.4) is 0 Å². The van der Waals surface area contributed by atoms with Gasteiger partial charge < -0.3 is 9.88 Å². The normalized spacial score (nSPS) is 14.8. The van der Waals surface area contributed by atoms with Crippen molar-refractivity contribution in [2.24, 2.45) is 7.05 Å². The summed E-state index contributed by atoms with van der Waals surface area (Å²) in [6.45, 7) is 0.846. The number of rotatable bonds is 5. The molecule has 12 heteroatoms. The van der Waals surface area contributed by atoms with Crippen LogP contribution in [0.4, 0.5) is 21.5 Å². The number of benzene rings is 2. The third kappa shape index (κ3) is 4.14. The van der Waals surface area contributed by atoms with Crippen LogP contribution in [-0.2, 0) is 17.3 Å². The SMILES string of the molecule is Cn1cnc2ccc(Nc3c(F)ccc(NS(=O)(=O)N4CCCC4)c3Cl)c(Br)c2c1=O. The Labute approximate surface area is 191 Å². The van der Waals surface area contributed by atoms with Crippen molar-refractivity contribution in [1.29, 1.82) is 0 Å². The zero-order valence-corrected chi connectivity index (χ0v) is 19.5. The highest BCUT2D eigenvalue weighted by molar-refractivity contribution is 9.10. The molecule has 1 aliphatic rings. The van der Waals surface area contributed by atoms with Gasteiger partial charge in [-0.2, -0.15) is 12.7 Å². The van der Waals surface area contributed by atoms with Gasteiger partial charge in [0, 0.05) is 20.1 Å². The van der Waals surface area contributed by atoms with Gasteiger partial charge in [-0.15, -0.1) is 0 Å². The Hall–Kier alpha value is -2.21. The molecule has 0 unspecified atom stereocenters. The van der Waals surface area contributed by atoms with Crippen LogP contribution >= 0.6 is 27.5 Å². The number of nitrogens with one attached hydrogen (secondary N) is 2. The first-order valence-corrected chi connectivity index (χ1v) is 12.0. The van der Waals surface area contributed by atoms with Crippen molar-refractivity contribution in [2.45, 2.75) is 12.8 Å². The first-order valence-electron chi connectivity index (χ1n) is 9.36. The van der Waals surface area contributed by atoms with E-state index >= 15 is 0 Å². The zero-order chi connectivity index (χ0) is 22.3. The van der Waals surface area contributed by atoms with Crippen LogP contribution in [-0.4, -0.2) is 35.4 Å². The summed E-state index contributed by atoms with van der Waals surface area (Å²) in [6, 6.07) is 5.63. The molecule has 31 heavy (non-hydrogen) atoms. The molecule has 164 valence electrons. The fourth-order valence-electron chi connectivity index (χ4n) is 3.36. The quantitative estimate of drug-likeness (QED) is 0.520. The molecule has 8 nitrogen and oxygen atoms in total. The Bertz CT molecular complexity index is 1340. The fraction of sp³-hybridized carbons (Fsp3) is 0.263. The smallest absolute Gasteiger partial charge is 0.301 e.